The molecule has 0 amide bonds. The Morgan fingerprint density at radius 3 is 2.72 bits per heavy atom. The molecule has 0 atom stereocenters. The van der Waals surface area contributed by atoms with Gasteiger partial charge in [0.05, 0.1) is 5.69 Å². The first-order chi connectivity index (χ1) is 12.3. The third kappa shape index (κ3) is 3.46. The number of aromatic nitrogens is 2. The maximum absolute atomic E-state index is 9.32. The highest BCUT2D eigenvalue weighted by Crippen LogP contribution is 2.33. The molecule has 2 aromatic heterocycles. The van der Waals surface area contributed by atoms with Crippen LogP contribution < -0.4 is 5.32 Å². The van der Waals surface area contributed by atoms with Crippen LogP contribution in [-0.2, 0) is 6.42 Å². The van der Waals surface area contributed by atoms with E-state index in [4.69, 9.17) is 0 Å². The number of phenols is 1. The molecule has 0 aliphatic carbocycles. The summed E-state index contributed by atoms with van der Waals surface area (Å²) >= 11 is 1.73. The molecule has 4 rings (SSSR count). The van der Waals surface area contributed by atoms with E-state index in [9.17, 15) is 5.11 Å². The van der Waals surface area contributed by atoms with Crippen LogP contribution in [0.5, 0.6) is 5.75 Å². The van der Waals surface area contributed by atoms with Crippen LogP contribution in [0.1, 0.15) is 5.56 Å². The lowest BCUT2D eigenvalue weighted by atomic mass is 10.1. The van der Waals surface area contributed by atoms with Gasteiger partial charge in [-0.15, -0.1) is 11.3 Å². The van der Waals surface area contributed by atoms with Crippen molar-refractivity contribution in [2.45, 2.75) is 6.42 Å². The molecule has 0 spiro atoms. The smallest absolute Gasteiger partial charge is 0.129 e. The second-order valence-electron chi connectivity index (χ2n) is 5.78. The van der Waals surface area contributed by atoms with Crippen LogP contribution in [0.2, 0.25) is 0 Å². The Kier molecular flexibility index (Phi) is 4.31. The second-order valence-corrected chi connectivity index (χ2v) is 6.69. The summed E-state index contributed by atoms with van der Waals surface area (Å²) in [6, 6.07) is 17.6. The number of hydrogen-bond acceptors (Lipinski definition) is 5. The number of nitrogens with one attached hydrogen (secondary N) is 1. The Balaban J connectivity index is 1.49. The highest BCUT2D eigenvalue weighted by atomic mass is 32.1. The zero-order valence-corrected chi connectivity index (χ0v) is 14.3. The number of rotatable bonds is 5. The van der Waals surface area contributed by atoms with Crippen LogP contribution in [0.4, 0.5) is 5.82 Å². The molecular formula is C20H17N3OS. The first kappa shape index (κ1) is 15.6. The van der Waals surface area contributed by atoms with E-state index in [0.29, 0.717) is 5.75 Å². The number of benzene rings is 2. The van der Waals surface area contributed by atoms with Crippen LogP contribution in [0, 0.1) is 0 Å². The largest absolute Gasteiger partial charge is 0.508 e. The van der Waals surface area contributed by atoms with Crippen molar-refractivity contribution in [2.24, 2.45) is 0 Å². The van der Waals surface area contributed by atoms with E-state index >= 15 is 0 Å². The molecular weight excluding hydrogens is 330 g/mol. The fourth-order valence-electron chi connectivity index (χ4n) is 2.77. The quantitative estimate of drug-likeness (QED) is 0.548. The second kappa shape index (κ2) is 6.91. The third-order valence-electron chi connectivity index (χ3n) is 4.08. The normalized spacial score (nSPS) is 10.9. The predicted octanol–water partition coefficient (Wildman–Crippen LogP) is 4.72. The van der Waals surface area contributed by atoms with Gasteiger partial charge in [-0.2, -0.15) is 0 Å². The topological polar surface area (TPSA) is 58.0 Å². The van der Waals surface area contributed by atoms with Crippen molar-refractivity contribution in [1.82, 2.24) is 9.97 Å². The summed E-state index contributed by atoms with van der Waals surface area (Å²) in [6.07, 6.45) is 2.46. The fourth-order valence-corrected chi connectivity index (χ4v) is 3.73. The predicted molar refractivity (Wildman–Crippen MR) is 103 cm³/mol. The average Bonchev–Trinajstić information content (AvgIpc) is 3.08. The summed E-state index contributed by atoms with van der Waals surface area (Å²) in [5.74, 6) is 1.11. The zero-order valence-electron chi connectivity index (χ0n) is 13.5. The molecule has 0 saturated carbocycles. The summed E-state index contributed by atoms with van der Waals surface area (Å²) < 4.78 is 1.26. The van der Waals surface area contributed by atoms with Gasteiger partial charge >= 0.3 is 0 Å². The SMILES string of the molecule is Oc1ccc(CCNc2cc(-c3csc4ccccc34)ncn2)cc1. The van der Waals surface area contributed by atoms with E-state index in [1.54, 1.807) is 29.8 Å². The summed E-state index contributed by atoms with van der Waals surface area (Å²) in [5.41, 5.74) is 3.24. The molecule has 0 bridgehead atoms. The molecule has 0 radical (unpaired) electrons. The monoisotopic (exact) mass is 347 g/mol. The molecule has 5 heteroatoms. The van der Waals surface area contributed by atoms with Gasteiger partial charge < -0.3 is 10.4 Å². The summed E-state index contributed by atoms with van der Waals surface area (Å²) in [5, 5.41) is 16.0. The molecule has 124 valence electrons. The standard InChI is InChI=1S/C20H17N3OS/c24-15-7-5-14(6-8-15)9-10-21-20-11-18(22-13-23-20)17-12-25-19-4-2-1-3-16(17)19/h1-8,11-13,24H,9-10H2,(H,21,22,23). The minimum absolute atomic E-state index is 0.292. The number of anilines is 1. The molecule has 2 heterocycles. The molecule has 0 saturated heterocycles. The van der Waals surface area contributed by atoms with Crippen LogP contribution in [0.15, 0.2) is 66.3 Å². The van der Waals surface area contributed by atoms with Crippen molar-refractivity contribution in [3.63, 3.8) is 0 Å². The van der Waals surface area contributed by atoms with Gasteiger partial charge in [-0.25, -0.2) is 9.97 Å². The third-order valence-corrected chi connectivity index (χ3v) is 5.04. The van der Waals surface area contributed by atoms with Crippen molar-refractivity contribution in [3.8, 4) is 17.0 Å². The lowest BCUT2D eigenvalue weighted by Gasteiger charge is -2.07. The molecule has 2 aromatic carbocycles. The number of thiophene rings is 1. The van der Waals surface area contributed by atoms with E-state index < -0.39 is 0 Å². The highest BCUT2D eigenvalue weighted by molar-refractivity contribution is 7.17. The van der Waals surface area contributed by atoms with Gasteiger partial charge in [0.25, 0.3) is 0 Å². The molecule has 0 fully saturated rings. The van der Waals surface area contributed by atoms with Gasteiger partial charge in [0.2, 0.25) is 0 Å². The summed E-state index contributed by atoms with van der Waals surface area (Å²) in [7, 11) is 0. The van der Waals surface area contributed by atoms with Crippen molar-refractivity contribution in [1.29, 1.82) is 0 Å². The number of nitrogens with zero attached hydrogens (tertiary/aromatic N) is 2. The summed E-state index contributed by atoms with van der Waals surface area (Å²) in [4.78, 5) is 8.75. The van der Waals surface area contributed by atoms with Crippen molar-refractivity contribution >= 4 is 27.2 Å². The van der Waals surface area contributed by atoms with Crippen LogP contribution in [0.25, 0.3) is 21.3 Å². The molecule has 0 unspecified atom stereocenters. The van der Waals surface area contributed by atoms with Gasteiger partial charge in [-0.1, -0.05) is 30.3 Å². The van der Waals surface area contributed by atoms with Crippen LogP contribution in [0.3, 0.4) is 0 Å². The van der Waals surface area contributed by atoms with Gasteiger partial charge in [0.15, 0.2) is 0 Å². The first-order valence-corrected chi connectivity index (χ1v) is 8.98. The average molecular weight is 347 g/mol. The first-order valence-electron chi connectivity index (χ1n) is 8.10. The molecule has 0 aliphatic rings. The van der Waals surface area contributed by atoms with Gasteiger partial charge in [-0.05, 0) is 30.2 Å². The highest BCUT2D eigenvalue weighted by Gasteiger charge is 2.08. The van der Waals surface area contributed by atoms with E-state index in [2.05, 4.69) is 44.9 Å². The van der Waals surface area contributed by atoms with Crippen LogP contribution >= 0.6 is 11.3 Å². The van der Waals surface area contributed by atoms with E-state index in [1.165, 1.54) is 15.6 Å². The maximum atomic E-state index is 9.32. The van der Waals surface area contributed by atoms with Gasteiger partial charge in [0, 0.05) is 33.6 Å². The van der Waals surface area contributed by atoms with Crippen LogP contribution in [-0.4, -0.2) is 21.6 Å². The Labute approximate surface area is 149 Å². The maximum Gasteiger partial charge on any atom is 0.129 e. The zero-order chi connectivity index (χ0) is 17.1. The van der Waals surface area contributed by atoms with Crippen molar-refractivity contribution in [2.75, 3.05) is 11.9 Å². The van der Waals surface area contributed by atoms with Gasteiger partial charge in [-0.3, -0.25) is 0 Å². The van der Waals surface area contributed by atoms with Gasteiger partial charge in [0.1, 0.15) is 17.9 Å². The molecule has 4 nitrogen and oxygen atoms in total. The number of aromatic hydroxyl groups is 1. The Bertz CT molecular complexity index is 995. The van der Waals surface area contributed by atoms with Crippen molar-refractivity contribution < 1.29 is 5.11 Å². The van der Waals surface area contributed by atoms with E-state index in [1.807, 2.05) is 18.2 Å². The fraction of sp³-hybridized carbons (Fsp3) is 0.100. The minimum Gasteiger partial charge on any atom is -0.508 e. The number of phenolic OH excluding ortho intramolecular Hbond substituents is 1. The Morgan fingerprint density at radius 2 is 1.84 bits per heavy atom. The van der Waals surface area contributed by atoms with E-state index in [0.717, 1.165) is 30.0 Å². The van der Waals surface area contributed by atoms with Crippen molar-refractivity contribution in [3.05, 3.63) is 71.9 Å². The number of fused-ring (bicyclic) bond motifs is 1. The van der Waals surface area contributed by atoms with E-state index in [-0.39, 0.29) is 0 Å². The number of hydrogen-bond donors (Lipinski definition) is 2. The molecule has 4 aromatic rings. The minimum atomic E-state index is 0.292. The Hall–Kier alpha value is -2.92. The molecule has 2 N–H and O–H groups in total. The lowest BCUT2D eigenvalue weighted by Crippen LogP contribution is -2.06. The molecule has 25 heavy (non-hydrogen) atoms. The lowest BCUT2D eigenvalue weighted by molar-refractivity contribution is 0.475. The summed E-state index contributed by atoms with van der Waals surface area (Å²) in [6.45, 7) is 0.769. The Morgan fingerprint density at radius 1 is 1.00 bits per heavy atom. The molecule has 0 aliphatic heterocycles.